The van der Waals surface area contributed by atoms with Crippen molar-refractivity contribution in [1.82, 2.24) is 9.80 Å². The maximum atomic E-state index is 13.2. The van der Waals surface area contributed by atoms with E-state index in [0.717, 1.165) is 0 Å². The summed E-state index contributed by atoms with van der Waals surface area (Å²) >= 11 is 0. The van der Waals surface area contributed by atoms with Crippen LogP contribution in [0.2, 0.25) is 0 Å². The van der Waals surface area contributed by atoms with E-state index in [1.54, 1.807) is 0 Å². The van der Waals surface area contributed by atoms with Gasteiger partial charge in [0.25, 0.3) is 11.8 Å². The van der Waals surface area contributed by atoms with Gasteiger partial charge in [0.15, 0.2) is 0 Å². The first-order valence-electron chi connectivity index (χ1n) is 7.81. The molecule has 0 atom stereocenters. The Hall–Kier alpha value is -2.25. The van der Waals surface area contributed by atoms with Crippen molar-refractivity contribution in [2.75, 3.05) is 46.6 Å². The third kappa shape index (κ3) is 3.05. The number of morpholine rings is 1. The van der Waals surface area contributed by atoms with Gasteiger partial charge in [-0.3, -0.25) is 14.5 Å². The number of amides is 2. The number of halogens is 1. The Morgan fingerprint density at radius 3 is 2.42 bits per heavy atom. The van der Waals surface area contributed by atoms with E-state index in [0.29, 0.717) is 43.1 Å². The average molecular weight is 334 g/mol. The molecule has 0 spiro atoms. The van der Waals surface area contributed by atoms with Gasteiger partial charge in [0.05, 0.1) is 31.9 Å². The van der Waals surface area contributed by atoms with Gasteiger partial charge in [0, 0.05) is 20.2 Å². The number of ether oxygens (including phenoxy) is 2. The monoisotopic (exact) mass is 334 g/mol. The first kappa shape index (κ1) is 16.6. The van der Waals surface area contributed by atoms with Crippen LogP contribution in [0.1, 0.15) is 5.56 Å². The van der Waals surface area contributed by atoms with Crippen LogP contribution in [0.25, 0.3) is 5.57 Å². The predicted octanol–water partition coefficient (Wildman–Crippen LogP) is 0.884. The molecule has 0 bridgehead atoms. The normalized spacial score (nSPS) is 18.8. The molecular formula is C17H19FN2O4. The number of imide groups is 1. The zero-order valence-electron chi connectivity index (χ0n) is 13.5. The molecule has 1 aromatic carbocycles. The fourth-order valence-corrected chi connectivity index (χ4v) is 2.91. The second kappa shape index (κ2) is 7.11. The number of benzene rings is 1. The van der Waals surface area contributed by atoms with Gasteiger partial charge in [-0.1, -0.05) is 12.1 Å². The smallest absolute Gasteiger partial charge is 0.277 e. The van der Waals surface area contributed by atoms with Crippen LogP contribution in [0.4, 0.5) is 4.39 Å². The van der Waals surface area contributed by atoms with Crippen molar-refractivity contribution < 1.29 is 23.5 Å². The highest BCUT2D eigenvalue weighted by atomic mass is 19.1. The Bertz CT molecular complexity index is 666. The Morgan fingerprint density at radius 1 is 1.12 bits per heavy atom. The van der Waals surface area contributed by atoms with Crippen molar-refractivity contribution in [1.29, 1.82) is 0 Å². The van der Waals surface area contributed by atoms with Gasteiger partial charge in [-0.25, -0.2) is 4.39 Å². The first-order chi connectivity index (χ1) is 11.6. The molecule has 0 aromatic heterocycles. The molecule has 1 aromatic rings. The number of hydrogen-bond acceptors (Lipinski definition) is 5. The lowest BCUT2D eigenvalue weighted by atomic mass is 10.0. The molecule has 2 aliphatic rings. The van der Waals surface area contributed by atoms with Gasteiger partial charge >= 0.3 is 0 Å². The van der Waals surface area contributed by atoms with Crippen LogP contribution in [0.3, 0.4) is 0 Å². The number of rotatable bonds is 5. The van der Waals surface area contributed by atoms with Gasteiger partial charge < -0.3 is 14.4 Å². The number of methoxy groups -OCH3 is 1. The molecule has 128 valence electrons. The van der Waals surface area contributed by atoms with Crippen LogP contribution >= 0.6 is 0 Å². The first-order valence-corrected chi connectivity index (χ1v) is 7.81. The van der Waals surface area contributed by atoms with Crippen LogP contribution in [0.5, 0.6) is 0 Å². The molecule has 1 fully saturated rings. The molecule has 3 rings (SSSR count). The molecule has 7 heteroatoms. The second-order valence-electron chi connectivity index (χ2n) is 5.58. The standard InChI is InChI=1S/C17H19FN2O4/c1-23-9-8-20-16(21)14(12-2-4-13(18)5-3-12)15(17(20)22)19-6-10-24-11-7-19/h2-5H,6-11H2,1H3. The zero-order chi connectivity index (χ0) is 17.1. The maximum absolute atomic E-state index is 13.2. The van der Waals surface area contributed by atoms with Crippen molar-refractivity contribution in [3.8, 4) is 0 Å². The summed E-state index contributed by atoms with van der Waals surface area (Å²) in [7, 11) is 1.52. The number of hydrogen-bond donors (Lipinski definition) is 0. The van der Waals surface area contributed by atoms with Crippen LogP contribution < -0.4 is 0 Å². The van der Waals surface area contributed by atoms with E-state index in [1.165, 1.54) is 36.3 Å². The molecule has 0 saturated carbocycles. The van der Waals surface area contributed by atoms with E-state index >= 15 is 0 Å². The zero-order valence-corrected chi connectivity index (χ0v) is 13.5. The number of nitrogens with zero attached hydrogens (tertiary/aromatic N) is 2. The minimum Gasteiger partial charge on any atom is -0.383 e. The maximum Gasteiger partial charge on any atom is 0.277 e. The molecule has 24 heavy (non-hydrogen) atoms. The van der Waals surface area contributed by atoms with Gasteiger partial charge in [-0.15, -0.1) is 0 Å². The SMILES string of the molecule is COCCN1C(=O)C(c2ccc(F)cc2)=C(N2CCOCC2)C1=O. The summed E-state index contributed by atoms with van der Waals surface area (Å²) in [5.41, 5.74) is 1.22. The van der Waals surface area contributed by atoms with Crippen LogP contribution in [-0.2, 0) is 19.1 Å². The lowest BCUT2D eigenvalue weighted by molar-refractivity contribution is -0.138. The van der Waals surface area contributed by atoms with Crippen LogP contribution in [0, 0.1) is 5.82 Å². The summed E-state index contributed by atoms with van der Waals surface area (Å²) in [6.07, 6.45) is 0. The minimum atomic E-state index is -0.389. The summed E-state index contributed by atoms with van der Waals surface area (Å²) < 4.78 is 23.5. The Kier molecular flexibility index (Phi) is 4.92. The van der Waals surface area contributed by atoms with Crippen LogP contribution in [0.15, 0.2) is 30.0 Å². The summed E-state index contributed by atoms with van der Waals surface area (Å²) in [6.45, 7) is 2.53. The molecule has 0 unspecified atom stereocenters. The quantitative estimate of drug-likeness (QED) is 0.749. The van der Waals surface area contributed by atoms with Crippen molar-refractivity contribution in [2.45, 2.75) is 0 Å². The van der Waals surface area contributed by atoms with E-state index in [4.69, 9.17) is 9.47 Å². The van der Waals surface area contributed by atoms with E-state index in [-0.39, 0.29) is 30.8 Å². The third-order valence-corrected chi connectivity index (χ3v) is 4.12. The topological polar surface area (TPSA) is 59.1 Å². The minimum absolute atomic E-state index is 0.187. The number of carbonyl (C=O) groups is 2. The average Bonchev–Trinajstić information content (AvgIpc) is 2.85. The van der Waals surface area contributed by atoms with E-state index in [9.17, 15) is 14.0 Å². The van der Waals surface area contributed by atoms with Crippen molar-refractivity contribution in [3.63, 3.8) is 0 Å². The Morgan fingerprint density at radius 2 is 1.79 bits per heavy atom. The summed E-state index contributed by atoms with van der Waals surface area (Å²) in [4.78, 5) is 28.7. The largest absolute Gasteiger partial charge is 0.383 e. The molecule has 6 nitrogen and oxygen atoms in total. The summed E-state index contributed by atoms with van der Waals surface area (Å²) in [5.74, 6) is -1.09. The molecular weight excluding hydrogens is 315 g/mol. The van der Waals surface area contributed by atoms with Gasteiger partial charge in [0.1, 0.15) is 11.5 Å². The highest BCUT2D eigenvalue weighted by Gasteiger charge is 2.41. The third-order valence-electron chi connectivity index (χ3n) is 4.12. The van der Waals surface area contributed by atoms with Crippen molar-refractivity contribution >= 4 is 17.4 Å². The molecule has 0 radical (unpaired) electrons. The van der Waals surface area contributed by atoms with E-state index < -0.39 is 0 Å². The number of carbonyl (C=O) groups excluding carboxylic acids is 2. The molecule has 0 aliphatic carbocycles. The van der Waals surface area contributed by atoms with Crippen molar-refractivity contribution in [3.05, 3.63) is 41.3 Å². The van der Waals surface area contributed by atoms with Gasteiger partial charge in [-0.2, -0.15) is 0 Å². The summed E-state index contributed by atoms with van der Waals surface area (Å²) in [6, 6.07) is 5.62. The molecule has 1 saturated heterocycles. The highest BCUT2D eigenvalue weighted by Crippen LogP contribution is 2.32. The molecule has 2 aliphatic heterocycles. The fraction of sp³-hybridized carbons (Fsp3) is 0.412. The van der Waals surface area contributed by atoms with Crippen molar-refractivity contribution in [2.24, 2.45) is 0 Å². The highest BCUT2D eigenvalue weighted by molar-refractivity contribution is 6.35. The lowest BCUT2D eigenvalue weighted by Crippen LogP contribution is -2.41. The second-order valence-corrected chi connectivity index (χ2v) is 5.58. The molecule has 2 amide bonds. The van der Waals surface area contributed by atoms with Gasteiger partial charge in [0.2, 0.25) is 0 Å². The Labute approximate surface area is 139 Å². The Balaban J connectivity index is 2.01. The fourth-order valence-electron chi connectivity index (χ4n) is 2.91. The molecule has 2 heterocycles. The summed E-state index contributed by atoms with van der Waals surface area (Å²) in [5, 5.41) is 0. The van der Waals surface area contributed by atoms with E-state index in [2.05, 4.69) is 0 Å². The van der Waals surface area contributed by atoms with Gasteiger partial charge in [-0.05, 0) is 17.7 Å². The van der Waals surface area contributed by atoms with Crippen LogP contribution in [-0.4, -0.2) is 68.2 Å². The van der Waals surface area contributed by atoms with E-state index in [1.807, 2.05) is 4.90 Å². The predicted molar refractivity (Wildman–Crippen MR) is 84.3 cm³/mol. The lowest BCUT2D eigenvalue weighted by Gasteiger charge is -2.29. The molecule has 0 N–H and O–H groups in total.